The lowest BCUT2D eigenvalue weighted by atomic mass is 9.96. The summed E-state index contributed by atoms with van der Waals surface area (Å²) in [4.78, 5) is 23.6. The monoisotopic (exact) mass is 318 g/mol. The highest BCUT2D eigenvalue weighted by Gasteiger charge is 2.28. The van der Waals surface area contributed by atoms with Crippen molar-refractivity contribution >= 4 is 11.9 Å². The molecule has 1 atom stereocenters. The Morgan fingerprint density at radius 3 is 2.74 bits per heavy atom. The van der Waals surface area contributed by atoms with E-state index in [1.165, 1.54) is 0 Å². The maximum atomic E-state index is 12.5. The average Bonchev–Trinajstić information content (AvgIpc) is 2.63. The van der Waals surface area contributed by atoms with Gasteiger partial charge in [-0.25, -0.2) is 9.97 Å². The number of nitrogens with one attached hydrogen (secondary N) is 1. The molecule has 126 valence electrons. The van der Waals surface area contributed by atoms with E-state index in [-0.39, 0.29) is 17.9 Å². The molecule has 2 aliphatic rings. The SMILES string of the molecule is CCc1cnc(N2CCCC(C(=O)NC3CCOCC3)C2)nc1. The summed E-state index contributed by atoms with van der Waals surface area (Å²) in [6.45, 7) is 5.22. The molecule has 1 unspecified atom stereocenters. The number of anilines is 1. The van der Waals surface area contributed by atoms with Crippen LogP contribution in [0.1, 0.15) is 38.2 Å². The van der Waals surface area contributed by atoms with E-state index in [2.05, 4.69) is 27.1 Å². The molecule has 3 heterocycles. The van der Waals surface area contributed by atoms with Crippen LogP contribution in [0, 0.1) is 5.92 Å². The highest BCUT2D eigenvalue weighted by atomic mass is 16.5. The zero-order chi connectivity index (χ0) is 16.1. The van der Waals surface area contributed by atoms with Crippen molar-refractivity contribution in [1.82, 2.24) is 15.3 Å². The van der Waals surface area contributed by atoms with Crippen LogP contribution in [0.2, 0.25) is 0 Å². The Morgan fingerprint density at radius 1 is 1.30 bits per heavy atom. The molecule has 2 aliphatic heterocycles. The zero-order valence-electron chi connectivity index (χ0n) is 13.8. The van der Waals surface area contributed by atoms with Crippen molar-refractivity contribution in [3.8, 4) is 0 Å². The largest absolute Gasteiger partial charge is 0.381 e. The molecule has 23 heavy (non-hydrogen) atoms. The maximum absolute atomic E-state index is 12.5. The number of aryl methyl sites for hydroxylation is 1. The van der Waals surface area contributed by atoms with Crippen molar-refractivity contribution in [3.63, 3.8) is 0 Å². The fraction of sp³-hybridized carbons (Fsp3) is 0.706. The van der Waals surface area contributed by atoms with Crippen molar-refractivity contribution in [1.29, 1.82) is 0 Å². The third-order valence-electron chi connectivity index (χ3n) is 4.74. The van der Waals surface area contributed by atoms with Crippen LogP contribution in [0.15, 0.2) is 12.4 Å². The number of rotatable bonds is 4. The number of amides is 1. The minimum absolute atomic E-state index is 0.0287. The fourth-order valence-corrected chi connectivity index (χ4v) is 3.23. The third-order valence-corrected chi connectivity index (χ3v) is 4.74. The normalized spacial score (nSPS) is 22.8. The summed E-state index contributed by atoms with van der Waals surface area (Å²) in [7, 11) is 0. The highest BCUT2D eigenvalue weighted by molar-refractivity contribution is 5.79. The molecule has 0 aromatic carbocycles. The second-order valence-corrected chi connectivity index (χ2v) is 6.43. The Morgan fingerprint density at radius 2 is 2.04 bits per heavy atom. The second-order valence-electron chi connectivity index (χ2n) is 6.43. The van der Waals surface area contributed by atoms with E-state index in [0.29, 0.717) is 6.54 Å². The van der Waals surface area contributed by atoms with Gasteiger partial charge in [0.1, 0.15) is 0 Å². The van der Waals surface area contributed by atoms with Crippen molar-refractivity contribution in [3.05, 3.63) is 18.0 Å². The summed E-state index contributed by atoms with van der Waals surface area (Å²) in [5.74, 6) is 0.943. The van der Waals surface area contributed by atoms with Gasteiger partial charge < -0.3 is 15.0 Å². The summed E-state index contributed by atoms with van der Waals surface area (Å²) in [6, 6.07) is 0.270. The van der Waals surface area contributed by atoms with Crippen LogP contribution in [0.5, 0.6) is 0 Å². The third kappa shape index (κ3) is 4.19. The number of carbonyl (C=O) groups excluding carboxylic acids is 1. The number of aromatic nitrogens is 2. The molecule has 6 nitrogen and oxygen atoms in total. The van der Waals surface area contributed by atoms with Gasteiger partial charge in [0.05, 0.1) is 5.92 Å². The van der Waals surface area contributed by atoms with Crippen molar-refractivity contribution < 1.29 is 9.53 Å². The van der Waals surface area contributed by atoms with E-state index in [9.17, 15) is 4.79 Å². The van der Waals surface area contributed by atoms with Gasteiger partial charge in [0.2, 0.25) is 11.9 Å². The van der Waals surface area contributed by atoms with Gasteiger partial charge in [0, 0.05) is 44.7 Å². The van der Waals surface area contributed by atoms with Crippen LogP contribution in [-0.4, -0.2) is 48.2 Å². The Bertz CT molecular complexity index is 514. The summed E-state index contributed by atoms with van der Waals surface area (Å²) >= 11 is 0. The predicted molar refractivity (Wildman–Crippen MR) is 88.3 cm³/mol. The van der Waals surface area contributed by atoms with Crippen LogP contribution in [0.4, 0.5) is 5.95 Å². The summed E-state index contributed by atoms with van der Waals surface area (Å²) < 4.78 is 5.34. The smallest absolute Gasteiger partial charge is 0.225 e. The van der Waals surface area contributed by atoms with Crippen molar-refractivity contribution in [2.75, 3.05) is 31.2 Å². The number of hydrogen-bond acceptors (Lipinski definition) is 5. The molecule has 0 radical (unpaired) electrons. The molecular formula is C17H26N4O2. The van der Waals surface area contributed by atoms with Gasteiger partial charge in [-0.3, -0.25) is 4.79 Å². The van der Waals surface area contributed by atoms with Gasteiger partial charge in [-0.1, -0.05) is 6.92 Å². The van der Waals surface area contributed by atoms with Crippen LogP contribution in [0.3, 0.4) is 0 Å². The molecular weight excluding hydrogens is 292 g/mol. The standard InChI is InChI=1S/C17H26N4O2/c1-2-13-10-18-17(19-11-13)21-7-3-4-14(12-21)16(22)20-15-5-8-23-9-6-15/h10-11,14-15H,2-9,12H2,1H3,(H,20,22). The molecule has 6 heteroatoms. The summed E-state index contributed by atoms with van der Waals surface area (Å²) in [6.07, 6.45) is 8.50. The van der Waals surface area contributed by atoms with Gasteiger partial charge >= 0.3 is 0 Å². The molecule has 2 fully saturated rings. The number of hydrogen-bond donors (Lipinski definition) is 1. The molecule has 1 amide bonds. The number of carbonyl (C=O) groups is 1. The Hall–Kier alpha value is -1.69. The molecule has 0 bridgehead atoms. The minimum Gasteiger partial charge on any atom is -0.381 e. The first kappa shape index (κ1) is 16.2. The second kappa shape index (κ2) is 7.73. The van der Waals surface area contributed by atoms with Crippen molar-refractivity contribution in [2.24, 2.45) is 5.92 Å². The van der Waals surface area contributed by atoms with Gasteiger partial charge in [0.15, 0.2) is 0 Å². The number of nitrogens with zero attached hydrogens (tertiary/aromatic N) is 3. The van der Waals surface area contributed by atoms with Crippen LogP contribution < -0.4 is 10.2 Å². The summed E-state index contributed by atoms with van der Waals surface area (Å²) in [5, 5.41) is 3.19. The molecule has 3 rings (SSSR count). The lowest BCUT2D eigenvalue weighted by molar-refractivity contribution is -0.126. The maximum Gasteiger partial charge on any atom is 0.225 e. The Balaban J connectivity index is 1.57. The van der Waals surface area contributed by atoms with Gasteiger partial charge in [-0.05, 0) is 37.7 Å². The summed E-state index contributed by atoms with van der Waals surface area (Å²) in [5.41, 5.74) is 1.14. The fourth-order valence-electron chi connectivity index (χ4n) is 3.23. The highest BCUT2D eigenvalue weighted by Crippen LogP contribution is 2.21. The van der Waals surface area contributed by atoms with E-state index in [4.69, 9.17) is 4.74 Å². The quantitative estimate of drug-likeness (QED) is 0.912. The average molecular weight is 318 g/mol. The molecule has 0 spiro atoms. The first-order chi connectivity index (χ1) is 11.3. The van der Waals surface area contributed by atoms with Crippen LogP contribution >= 0.6 is 0 Å². The molecule has 1 N–H and O–H groups in total. The molecule has 0 saturated carbocycles. The lowest BCUT2D eigenvalue weighted by Gasteiger charge is -2.33. The van der Waals surface area contributed by atoms with Crippen LogP contribution in [-0.2, 0) is 16.0 Å². The topological polar surface area (TPSA) is 67.4 Å². The molecule has 0 aliphatic carbocycles. The van der Waals surface area contributed by atoms with Crippen molar-refractivity contribution in [2.45, 2.75) is 45.1 Å². The van der Waals surface area contributed by atoms with E-state index in [1.54, 1.807) is 0 Å². The first-order valence-electron chi connectivity index (χ1n) is 8.70. The number of piperidine rings is 1. The lowest BCUT2D eigenvalue weighted by Crippen LogP contribution is -2.47. The molecule has 1 aromatic heterocycles. The Labute approximate surface area is 137 Å². The van der Waals surface area contributed by atoms with E-state index in [1.807, 2.05) is 12.4 Å². The molecule has 2 saturated heterocycles. The van der Waals surface area contributed by atoms with E-state index < -0.39 is 0 Å². The van der Waals surface area contributed by atoms with E-state index >= 15 is 0 Å². The Kier molecular flexibility index (Phi) is 5.43. The van der Waals surface area contributed by atoms with Gasteiger partial charge in [-0.2, -0.15) is 0 Å². The minimum atomic E-state index is 0.0287. The van der Waals surface area contributed by atoms with Crippen LogP contribution in [0.25, 0.3) is 0 Å². The van der Waals surface area contributed by atoms with Gasteiger partial charge in [0.25, 0.3) is 0 Å². The van der Waals surface area contributed by atoms with Gasteiger partial charge in [-0.15, -0.1) is 0 Å². The first-order valence-corrected chi connectivity index (χ1v) is 8.70. The predicted octanol–water partition coefficient (Wildman–Crippen LogP) is 1.55. The van der Waals surface area contributed by atoms with E-state index in [0.717, 1.165) is 63.4 Å². The number of ether oxygens (including phenoxy) is 1. The zero-order valence-corrected chi connectivity index (χ0v) is 13.8. The molecule has 1 aromatic rings.